The van der Waals surface area contributed by atoms with E-state index in [9.17, 15) is 18.4 Å². The van der Waals surface area contributed by atoms with Crippen LogP contribution in [0.2, 0.25) is 0 Å². The molecule has 31 heavy (non-hydrogen) atoms. The number of benzene rings is 3. The van der Waals surface area contributed by atoms with Gasteiger partial charge in [0.05, 0.1) is 12.7 Å². The number of fused-ring (bicyclic) bond motifs is 3. The Kier molecular flexibility index (Phi) is 5.53. The van der Waals surface area contributed by atoms with E-state index in [1.807, 2.05) is 30.3 Å². The van der Waals surface area contributed by atoms with Crippen LogP contribution in [0.4, 0.5) is 8.78 Å². The third-order valence-electron chi connectivity index (χ3n) is 4.69. The first-order chi connectivity index (χ1) is 15.0. The van der Waals surface area contributed by atoms with E-state index < -0.39 is 18.2 Å². The number of alkyl halides is 2. The molecule has 8 heteroatoms. The maximum Gasteiger partial charge on any atom is 0.387 e. The van der Waals surface area contributed by atoms with Crippen molar-refractivity contribution in [1.29, 1.82) is 0 Å². The van der Waals surface area contributed by atoms with E-state index in [-0.39, 0.29) is 23.7 Å². The number of ether oxygens (including phenoxy) is 3. The average molecular weight is 426 g/mol. The number of hydrogen-bond donors (Lipinski definition) is 0. The van der Waals surface area contributed by atoms with E-state index >= 15 is 0 Å². The number of rotatable bonds is 6. The van der Waals surface area contributed by atoms with Gasteiger partial charge in [-0.15, -0.1) is 0 Å². The Bertz CT molecular complexity index is 1330. The lowest BCUT2D eigenvalue weighted by atomic mass is 10.0. The lowest BCUT2D eigenvalue weighted by Crippen LogP contribution is -2.09. The number of esters is 1. The van der Waals surface area contributed by atoms with Gasteiger partial charge in [-0.3, -0.25) is 0 Å². The van der Waals surface area contributed by atoms with Crippen molar-refractivity contribution in [3.63, 3.8) is 0 Å². The lowest BCUT2D eigenvalue weighted by molar-refractivity contribution is -0.0512. The van der Waals surface area contributed by atoms with E-state index in [1.165, 1.54) is 31.4 Å². The topological polar surface area (TPSA) is 75.0 Å². The van der Waals surface area contributed by atoms with Crippen LogP contribution in [0.1, 0.15) is 15.9 Å². The second-order valence-electron chi connectivity index (χ2n) is 6.57. The number of halogens is 2. The molecule has 0 aliphatic rings. The molecule has 0 N–H and O–H groups in total. The summed E-state index contributed by atoms with van der Waals surface area (Å²) in [5.74, 6) is -0.956. The summed E-state index contributed by atoms with van der Waals surface area (Å²) in [6, 6.07) is 16.1. The van der Waals surface area contributed by atoms with Crippen molar-refractivity contribution >= 4 is 27.7 Å². The minimum atomic E-state index is -3.03. The quantitative estimate of drug-likeness (QED) is 0.248. The summed E-state index contributed by atoms with van der Waals surface area (Å²) in [4.78, 5) is 24.5. The summed E-state index contributed by atoms with van der Waals surface area (Å²) in [6.07, 6.45) is 0. The Morgan fingerprint density at radius 2 is 1.84 bits per heavy atom. The molecule has 4 aromatic rings. The summed E-state index contributed by atoms with van der Waals surface area (Å²) in [5.41, 5.74) is 0.382. The normalized spacial score (nSPS) is 11.1. The Hall–Kier alpha value is -3.94. The molecule has 158 valence electrons. The fourth-order valence-corrected chi connectivity index (χ4v) is 3.35. The monoisotopic (exact) mass is 426 g/mol. The summed E-state index contributed by atoms with van der Waals surface area (Å²) in [5, 5.41) is 2.46. The van der Waals surface area contributed by atoms with Crippen molar-refractivity contribution in [1.82, 2.24) is 0 Å². The number of methoxy groups -OCH3 is 1. The molecule has 0 atom stereocenters. The zero-order valence-electron chi connectivity index (χ0n) is 16.3. The Morgan fingerprint density at radius 1 is 1.03 bits per heavy atom. The maximum atomic E-state index is 12.5. The molecular formula is C23H16F2O6. The molecule has 0 saturated heterocycles. The van der Waals surface area contributed by atoms with Crippen LogP contribution in [0.5, 0.6) is 11.5 Å². The molecule has 4 rings (SSSR count). The molecule has 0 unspecified atom stereocenters. The number of carbonyl (C=O) groups is 1. The Balaban J connectivity index is 1.64. The molecule has 0 amide bonds. The van der Waals surface area contributed by atoms with E-state index in [4.69, 9.17) is 13.9 Å². The molecule has 3 aromatic carbocycles. The molecule has 0 fully saturated rings. The predicted octanol–water partition coefficient (Wildman–Crippen LogP) is 4.91. The van der Waals surface area contributed by atoms with Gasteiger partial charge >= 0.3 is 18.2 Å². The van der Waals surface area contributed by atoms with Crippen LogP contribution in [-0.4, -0.2) is 19.7 Å². The molecule has 0 aliphatic carbocycles. The van der Waals surface area contributed by atoms with Crippen molar-refractivity contribution in [2.24, 2.45) is 0 Å². The van der Waals surface area contributed by atoms with Gasteiger partial charge in [-0.1, -0.05) is 30.3 Å². The first kappa shape index (κ1) is 20.3. The zero-order chi connectivity index (χ0) is 22.0. The highest BCUT2D eigenvalue weighted by Gasteiger charge is 2.16. The highest BCUT2D eigenvalue weighted by Crippen LogP contribution is 2.31. The molecule has 0 bridgehead atoms. The van der Waals surface area contributed by atoms with Gasteiger partial charge in [0, 0.05) is 17.0 Å². The first-order valence-corrected chi connectivity index (χ1v) is 9.20. The summed E-state index contributed by atoms with van der Waals surface area (Å²) in [6.45, 7) is -3.22. The van der Waals surface area contributed by atoms with E-state index in [0.29, 0.717) is 16.5 Å². The van der Waals surface area contributed by atoms with Crippen molar-refractivity contribution in [2.45, 2.75) is 13.2 Å². The minimum Gasteiger partial charge on any atom is -0.493 e. The van der Waals surface area contributed by atoms with Gasteiger partial charge < -0.3 is 18.6 Å². The molecular weight excluding hydrogens is 410 g/mol. The highest BCUT2D eigenvalue weighted by atomic mass is 19.3. The number of carbonyl (C=O) groups excluding carboxylic acids is 1. The largest absolute Gasteiger partial charge is 0.493 e. The van der Waals surface area contributed by atoms with Gasteiger partial charge in [0.2, 0.25) is 0 Å². The van der Waals surface area contributed by atoms with Gasteiger partial charge in [-0.2, -0.15) is 8.78 Å². The molecule has 1 aromatic heterocycles. The Labute approximate surface area is 174 Å². The third kappa shape index (κ3) is 4.18. The molecule has 1 heterocycles. The van der Waals surface area contributed by atoms with E-state index in [0.717, 1.165) is 10.8 Å². The van der Waals surface area contributed by atoms with Crippen molar-refractivity contribution in [3.05, 3.63) is 82.2 Å². The average Bonchev–Trinajstić information content (AvgIpc) is 2.76. The van der Waals surface area contributed by atoms with Crippen molar-refractivity contribution in [2.75, 3.05) is 7.11 Å². The van der Waals surface area contributed by atoms with Gasteiger partial charge in [-0.25, -0.2) is 9.59 Å². The van der Waals surface area contributed by atoms with Crippen LogP contribution in [0.3, 0.4) is 0 Å². The smallest absolute Gasteiger partial charge is 0.387 e. The fourth-order valence-electron chi connectivity index (χ4n) is 3.35. The van der Waals surface area contributed by atoms with Crippen LogP contribution >= 0.6 is 0 Å². The maximum absolute atomic E-state index is 12.5. The van der Waals surface area contributed by atoms with Crippen LogP contribution in [0.25, 0.3) is 21.7 Å². The zero-order valence-corrected chi connectivity index (χ0v) is 16.3. The van der Waals surface area contributed by atoms with Gasteiger partial charge in [-0.05, 0) is 35.0 Å². The third-order valence-corrected chi connectivity index (χ3v) is 4.69. The Morgan fingerprint density at radius 3 is 2.61 bits per heavy atom. The molecule has 0 spiro atoms. The summed E-state index contributed by atoms with van der Waals surface area (Å²) in [7, 11) is 1.27. The van der Waals surface area contributed by atoms with Crippen LogP contribution in [0.15, 0.2) is 69.9 Å². The molecule has 0 aliphatic heterocycles. The first-order valence-electron chi connectivity index (χ1n) is 9.20. The molecule has 6 nitrogen and oxygen atoms in total. The molecule has 0 saturated carbocycles. The predicted molar refractivity (Wildman–Crippen MR) is 109 cm³/mol. The van der Waals surface area contributed by atoms with E-state index in [2.05, 4.69) is 4.74 Å². The SMILES string of the molecule is COc1cc(C(=O)OCc2cc(=O)oc3ccc4ccccc4c23)ccc1OC(F)F. The lowest BCUT2D eigenvalue weighted by Gasteiger charge is -2.12. The standard InChI is InChI=1S/C23H16F2O6/c1-28-19-10-14(7-8-17(19)31-23(24)25)22(27)29-12-15-11-20(26)30-18-9-6-13-4-2-3-5-16(13)21(15)18/h2-11,23H,12H2,1H3. The van der Waals surface area contributed by atoms with Crippen LogP contribution in [-0.2, 0) is 11.3 Å². The van der Waals surface area contributed by atoms with Gasteiger partial charge in [0.15, 0.2) is 11.5 Å². The fraction of sp³-hybridized carbons (Fsp3) is 0.130. The van der Waals surface area contributed by atoms with Crippen molar-refractivity contribution in [3.8, 4) is 11.5 Å². The summed E-state index contributed by atoms with van der Waals surface area (Å²) >= 11 is 0. The van der Waals surface area contributed by atoms with Gasteiger partial charge in [0.25, 0.3) is 0 Å². The van der Waals surface area contributed by atoms with E-state index in [1.54, 1.807) is 6.07 Å². The van der Waals surface area contributed by atoms with Crippen LogP contribution < -0.4 is 15.1 Å². The minimum absolute atomic E-state index is 0.0356. The van der Waals surface area contributed by atoms with Gasteiger partial charge in [0.1, 0.15) is 12.2 Å². The molecule has 0 radical (unpaired) electrons. The number of hydrogen-bond acceptors (Lipinski definition) is 6. The van der Waals surface area contributed by atoms with Crippen LogP contribution in [0, 0.1) is 0 Å². The second kappa shape index (κ2) is 8.43. The summed E-state index contributed by atoms with van der Waals surface area (Å²) < 4.78 is 45.0. The highest BCUT2D eigenvalue weighted by molar-refractivity contribution is 6.07. The van der Waals surface area contributed by atoms with Crippen molar-refractivity contribution < 1.29 is 32.2 Å². The second-order valence-corrected chi connectivity index (χ2v) is 6.57.